The summed E-state index contributed by atoms with van der Waals surface area (Å²) in [7, 11) is 0. The maximum absolute atomic E-state index is 13.8. The summed E-state index contributed by atoms with van der Waals surface area (Å²) in [6, 6.07) is 2.48. The molecule has 0 unspecified atom stereocenters. The zero-order valence-corrected chi connectivity index (χ0v) is 11.0. The summed E-state index contributed by atoms with van der Waals surface area (Å²) < 4.78 is 56.4. The summed E-state index contributed by atoms with van der Waals surface area (Å²) in [4.78, 5) is 11.9. The number of carbonyl (C=O) groups is 1. The van der Waals surface area contributed by atoms with Gasteiger partial charge in [0, 0.05) is 5.56 Å². The molecule has 1 aromatic heterocycles. The van der Waals surface area contributed by atoms with Crippen LogP contribution < -0.4 is 5.32 Å². The van der Waals surface area contributed by atoms with E-state index in [1.165, 1.54) is 0 Å². The van der Waals surface area contributed by atoms with E-state index < -0.39 is 29.0 Å². The van der Waals surface area contributed by atoms with Crippen molar-refractivity contribution in [3.05, 3.63) is 46.4 Å². The number of nitrogens with zero attached hydrogens (tertiary/aromatic N) is 1. The normalized spacial score (nSPS) is 11.5. The van der Waals surface area contributed by atoms with Crippen molar-refractivity contribution < 1.29 is 26.9 Å². The Kier molecular flexibility index (Phi) is 3.71. The topological polar surface area (TPSA) is 55.1 Å². The molecule has 0 aliphatic rings. The number of halogens is 4. The molecular formula is C13H10F4N2O2. The van der Waals surface area contributed by atoms with Gasteiger partial charge in [0.2, 0.25) is 5.88 Å². The van der Waals surface area contributed by atoms with Crippen molar-refractivity contribution in [3.63, 3.8) is 0 Å². The van der Waals surface area contributed by atoms with Crippen LogP contribution in [0.4, 0.5) is 23.4 Å². The second kappa shape index (κ2) is 5.19. The molecule has 0 radical (unpaired) electrons. The Morgan fingerprint density at radius 2 is 1.95 bits per heavy atom. The highest BCUT2D eigenvalue weighted by Gasteiger charge is 2.35. The molecule has 0 atom stereocenters. The number of aryl methyl sites for hydroxylation is 1. The molecule has 0 spiro atoms. The van der Waals surface area contributed by atoms with Crippen LogP contribution >= 0.6 is 0 Å². The fourth-order valence-corrected chi connectivity index (χ4v) is 1.63. The molecule has 4 nitrogen and oxygen atoms in total. The van der Waals surface area contributed by atoms with Crippen molar-refractivity contribution in [2.45, 2.75) is 20.0 Å². The quantitative estimate of drug-likeness (QED) is 0.861. The van der Waals surface area contributed by atoms with E-state index >= 15 is 0 Å². The summed E-state index contributed by atoms with van der Waals surface area (Å²) in [5.74, 6) is -2.71. The number of anilines is 1. The molecule has 0 aliphatic heterocycles. The predicted molar refractivity (Wildman–Crippen MR) is 65.3 cm³/mol. The van der Waals surface area contributed by atoms with E-state index in [0.717, 1.165) is 12.1 Å². The first-order valence-electron chi connectivity index (χ1n) is 5.81. The Hall–Kier alpha value is -2.38. The number of aromatic nitrogens is 1. The first-order valence-corrected chi connectivity index (χ1v) is 5.81. The summed E-state index contributed by atoms with van der Waals surface area (Å²) >= 11 is 0. The van der Waals surface area contributed by atoms with Crippen LogP contribution in [0.15, 0.2) is 22.7 Å². The molecular weight excluding hydrogens is 292 g/mol. The number of rotatable bonds is 2. The minimum Gasteiger partial charge on any atom is -0.338 e. The molecule has 1 aromatic carbocycles. The van der Waals surface area contributed by atoms with Gasteiger partial charge in [-0.15, -0.1) is 0 Å². The zero-order valence-electron chi connectivity index (χ0n) is 11.0. The molecule has 1 heterocycles. The summed E-state index contributed by atoms with van der Waals surface area (Å²) in [5.41, 5.74) is -1.20. The first-order chi connectivity index (χ1) is 9.71. The lowest BCUT2D eigenvalue weighted by Gasteiger charge is -2.10. The van der Waals surface area contributed by atoms with E-state index in [9.17, 15) is 22.4 Å². The minimum absolute atomic E-state index is 0.0330. The highest BCUT2D eigenvalue weighted by Crippen LogP contribution is 2.32. The third kappa shape index (κ3) is 2.88. The van der Waals surface area contributed by atoms with E-state index in [1.54, 1.807) is 13.8 Å². The average Bonchev–Trinajstić information content (AvgIpc) is 2.69. The molecule has 2 aromatic rings. The van der Waals surface area contributed by atoms with Gasteiger partial charge in [-0.1, -0.05) is 11.2 Å². The van der Waals surface area contributed by atoms with Crippen molar-refractivity contribution >= 4 is 11.8 Å². The van der Waals surface area contributed by atoms with Gasteiger partial charge in [0.05, 0.1) is 16.8 Å². The maximum Gasteiger partial charge on any atom is 0.419 e. The highest BCUT2D eigenvalue weighted by molar-refractivity contribution is 6.04. The van der Waals surface area contributed by atoms with Crippen LogP contribution in [-0.2, 0) is 6.18 Å². The summed E-state index contributed by atoms with van der Waals surface area (Å²) in [6.07, 6.45) is -4.88. The van der Waals surface area contributed by atoms with Gasteiger partial charge >= 0.3 is 6.18 Å². The van der Waals surface area contributed by atoms with Gasteiger partial charge in [0.25, 0.3) is 5.91 Å². The lowest BCUT2D eigenvalue weighted by Crippen LogP contribution is -2.17. The molecule has 112 valence electrons. The fourth-order valence-electron chi connectivity index (χ4n) is 1.63. The number of carbonyl (C=O) groups excluding carboxylic acids is 1. The number of alkyl halides is 3. The molecule has 0 aliphatic carbocycles. The SMILES string of the molecule is Cc1noc(NC(=O)c2cccc(C(F)(F)F)c2F)c1C. The van der Waals surface area contributed by atoms with Gasteiger partial charge in [-0.3, -0.25) is 10.1 Å². The molecule has 0 bridgehead atoms. The lowest BCUT2D eigenvalue weighted by atomic mass is 10.1. The summed E-state index contributed by atoms with van der Waals surface area (Å²) in [5, 5.41) is 5.77. The summed E-state index contributed by atoms with van der Waals surface area (Å²) in [6.45, 7) is 3.23. The van der Waals surface area contributed by atoms with Crippen molar-refractivity contribution in [1.82, 2.24) is 5.16 Å². The lowest BCUT2D eigenvalue weighted by molar-refractivity contribution is -0.140. The Bertz CT molecular complexity index is 692. The van der Waals surface area contributed by atoms with Crippen molar-refractivity contribution in [1.29, 1.82) is 0 Å². The molecule has 1 N–H and O–H groups in total. The Labute approximate surface area is 116 Å². The number of hydrogen-bond donors (Lipinski definition) is 1. The van der Waals surface area contributed by atoms with Crippen molar-refractivity contribution in [2.75, 3.05) is 5.32 Å². The van der Waals surface area contributed by atoms with Crippen molar-refractivity contribution in [2.24, 2.45) is 0 Å². The van der Waals surface area contributed by atoms with E-state index in [-0.39, 0.29) is 5.88 Å². The highest BCUT2D eigenvalue weighted by atomic mass is 19.4. The molecule has 0 saturated carbocycles. The number of nitrogens with one attached hydrogen (secondary N) is 1. The maximum atomic E-state index is 13.8. The van der Waals surface area contributed by atoms with Crippen LogP contribution in [0.1, 0.15) is 27.2 Å². The van der Waals surface area contributed by atoms with Crippen LogP contribution in [0.3, 0.4) is 0 Å². The predicted octanol–water partition coefficient (Wildman–Crippen LogP) is 3.70. The Morgan fingerprint density at radius 3 is 2.48 bits per heavy atom. The van der Waals surface area contributed by atoms with Gasteiger partial charge in [-0.2, -0.15) is 13.2 Å². The van der Waals surface area contributed by atoms with Gasteiger partial charge in [0.15, 0.2) is 0 Å². The van der Waals surface area contributed by atoms with Gasteiger partial charge in [-0.25, -0.2) is 4.39 Å². The second-order valence-electron chi connectivity index (χ2n) is 4.34. The minimum atomic E-state index is -4.88. The molecule has 0 fully saturated rings. The van der Waals surface area contributed by atoms with E-state index in [2.05, 4.69) is 10.5 Å². The molecule has 1 amide bonds. The number of amides is 1. The van der Waals surface area contributed by atoms with Gasteiger partial charge < -0.3 is 4.52 Å². The number of hydrogen-bond acceptors (Lipinski definition) is 3. The van der Waals surface area contributed by atoms with Gasteiger partial charge in [0.1, 0.15) is 5.82 Å². The molecule has 21 heavy (non-hydrogen) atoms. The standard InChI is InChI=1S/C13H10F4N2O2/c1-6-7(2)19-21-12(6)18-11(20)8-4-3-5-9(10(8)14)13(15,16)17/h3-5H,1-2H3,(H,18,20). The van der Waals surface area contributed by atoms with E-state index in [0.29, 0.717) is 17.3 Å². The van der Waals surface area contributed by atoms with Crippen molar-refractivity contribution in [3.8, 4) is 0 Å². The average molecular weight is 302 g/mol. The fraction of sp³-hybridized carbons (Fsp3) is 0.231. The molecule has 8 heteroatoms. The van der Waals surface area contributed by atoms with Crippen LogP contribution in [-0.4, -0.2) is 11.1 Å². The largest absolute Gasteiger partial charge is 0.419 e. The van der Waals surface area contributed by atoms with Crippen LogP contribution in [0.2, 0.25) is 0 Å². The molecule has 0 saturated heterocycles. The van der Waals surface area contributed by atoms with Crippen LogP contribution in [0, 0.1) is 19.7 Å². The third-order valence-electron chi connectivity index (χ3n) is 2.93. The van der Waals surface area contributed by atoms with Crippen LogP contribution in [0.5, 0.6) is 0 Å². The molecule has 2 rings (SSSR count). The Balaban J connectivity index is 2.34. The second-order valence-corrected chi connectivity index (χ2v) is 4.34. The van der Waals surface area contributed by atoms with E-state index in [4.69, 9.17) is 4.52 Å². The third-order valence-corrected chi connectivity index (χ3v) is 2.93. The zero-order chi connectivity index (χ0) is 15.8. The first kappa shape index (κ1) is 15.0. The number of benzene rings is 1. The monoisotopic (exact) mass is 302 g/mol. The van der Waals surface area contributed by atoms with Crippen LogP contribution in [0.25, 0.3) is 0 Å². The van der Waals surface area contributed by atoms with E-state index in [1.807, 2.05) is 0 Å². The van der Waals surface area contributed by atoms with Gasteiger partial charge in [-0.05, 0) is 26.0 Å². The Morgan fingerprint density at radius 1 is 1.29 bits per heavy atom. The smallest absolute Gasteiger partial charge is 0.338 e.